The fraction of sp³-hybridized carbons (Fsp3) is 0.241. The molecule has 1 amide bonds. The fourth-order valence-corrected chi connectivity index (χ4v) is 4.46. The van der Waals surface area contributed by atoms with Crippen molar-refractivity contribution in [2.75, 3.05) is 13.7 Å². The summed E-state index contributed by atoms with van der Waals surface area (Å²) >= 11 is 0. The zero-order valence-corrected chi connectivity index (χ0v) is 20.1. The Bertz CT molecular complexity index is 1340. The van der Waals surface area contributed by atoms with Crippen LogP contribution in [-0.2, 0) is 27.2 Å². The summed E-state index contributed by atoms with van der Waals surface area (Å²) < 4.78 is 12.7. The van der Waals surface area contributed by atoms with E-state index in [1.165, 1.54) is 23.8 Å². The second-order valence-electron chi connectivity index (χ2n) is 8.54. The Kier molecular flexibility index (Phi) is 7.51. The molecule has 0 aliphatic rings. The Morgan fingerprint density at radius 2 is 1.74 bits per heavy atom. The summed E-state index contributed by atoms with van der Waals surface area (Å²) in [7, 11) is 1.38. The van der Waals surface area contributed by atoms with Crippen LogP contribution < -0.4 is 10.5 Å². The first kappa shape index (κ1) is 24.1. The molecule has 0 saturated carbocycles. The van der Waals surface area contributed by atoms with Gasteiger partial charge >= 0.3 is 5.97 Å². The third-order valence-corrected chi connectivity index (χ3v) is 6.24. The zero-order valence-electron chi connectivity index (χ0n) is 20.1. The zero-order chi connectivity index (χ0) is 24.8. The summed E-state index contributed by atoms with van der Waals surface area (Å²) in [6.07, 6.45) is 3.70. The predicted molar refractivity (Wildman–Crippen MR) is 136 cm³/mol. The first-order valence-electron chi connectivity index (χ1n) is 11.7. The normalized spacial score (nSPS) is 10.9. The third-order valence-electron chi connectivity index (χ3n) is 6.24. The summed E-state index contributed by atoms with van der Waals surface area (Å²) in [6, 6.07) is 22.6. The molecule has 0 fully saturated rings. The van der Waals surface area contributed by atoms with Crippen molar-refractivity contribution in [2.45, 2.75) is 32.6 Å². The minimum atomic E-state index is -0.374. The Balaban J connectivity index is 1.68. The average Bonchev–Trinajstić information content (AvgIpc) is 3.12. The van der Waals surface area contributed by atoms with Gasteiger partial charge in [-0.3, -0.25) is 9.59 Å². The number of ether oxygens (including phenoxy) is 2. The number of carbonyl (C=O) groups excluding carboxylic acids is 2. The summed E-state index contributed by atoms with van der Waals surface area (Å²) in [5, 5.41) is 0. The van der Waals surface area contributed by atoms with Gasteiger partial charge < -0.3 is 19.6 Å². The Morgan fingerprint density at radius 1 is 1.00 bits per heavy atom. The van der Waals surface area contributed by atoms with E-state index in [9.17, 15) is 9.59 Å². The summed E-state index contributed by atoms with van der Waals surface area (Å²) in [5.74, 6) is 0.0542. The van der Waals surface area contributed by atoms with Crippen molar-refractivity contribution in [3.63, 3.8) is 0 Å². The molecular weight excluding hydrogens is 440 g/mol. The number of rotatable bonds is 10. The van der Waals surface area contributed by atoms with E-state index in [1.807, 2.05) is 43.5 Å². The highest BCUT2D eigenvalue weighted by Gasteiger charge is 2.19. The van der Waals surface area contributed by atoms with Gasteiger partial charge in [0.2, 0.25) is 5.91 Å². The molecule has 0 atom stereocenters. The number of hydrogen-bond acceptors (Lipinski definition) is 4. The number of aromatic nitrogens is 1. The van der Waals surface area contributed by atoms with Crippen LogP contribution in [0.25, 0.3) is 16.6 Å². The Morgan fingerprint density at radius 3 is 2.49 bits per heavy atom. The highest BCUT2D eigenvalue weighted by atomic mass is 16.5. The molecule has 180 valence electrons. The number of primary amides is 1. The van der Waals surface area contributed by atoms with Crippen molar-refractivity contribution in [1.29, 1.82) is 0 Å². The van der Waals surface area contributed by atoms with Crippen LogP contribution in [0.3, 0.4) is 0 Å². The lowest BCUT2D eigenvalue weighted by molar-refractivity contribution is -0.140. The van der Waals surface area contributed by atoms with E-state index in [1.54, 1.807) is 0 Å². The molecule has 2 heterocycles. The number of amides is 1. The van der Waals surface area contributed by atoms with Crippen LogP contribution in [0.15, 0.2) is 72.9 Å². The molecule has 2 aromatic heterocycles. The maximum absolute atomic E-state index is 11.9. The molecule has 6 heteroatoms. The van der Waals surface area contributed by atoms with E-state index in [0.717, 1.165) is 22.3 Å². The van der Waals surface area contributed by atoms with E-state index >= 15 is 0 Å². The number of benzene rings is 2. The van der Waals surface area contributed by atoms with E-state index in [4.69, 9.17) is 10.5 Å². The van der Waals surface area contributed by atoms with Gasteiger partial charge in [0.05, 0.1) is 25.7 Å². The van der Waals surface area contributed by atoms with Gasteiger partial charge in [-0.2, -0.15) is 0 Å². The smallest absolute Gasteiger partial charge is 0.305 e. The van der Waals surface area contributed by atoms with Crippen molar-refractivity contribution in [2.24, 2.45) is 5.73 Å². The van der Waals surface area contributed by atoms with Crippen molar-refractivity contribution in [3.05, 3.63) is 95.3 Å². The van der Waals surface area contributed by atoms with Gasteiger partial charge in [-0.15, -0.1) is 0 Å². The Hall–Kier alpha value is -4.06. The third kappa shape index (κ3) is 5.54. The summed E-state index contributed by atoms with van der Waals surface area (Å²) in [4.78, 5) is 23.2. The molecule has 0 aliphatic carbocycles. The molecule has 0 saturated heterocycles. The second-order valence-corrected chi connectivity index (χ2v) is 8.54. The van der Waals surface area contributed by atoms with Crippen molar-refractivity contribution in [3.8, 4) is 16.9 Å². The van der Waals surface area contributed by atoms with Gasteiger partial charge in [-0.1, -0.05) is 54.6 Å². The van der Waals surface area contributed by atoms with Gasteiger partial charge in [0.1, 0.15) is 5.75 Å². The molecule has 35 heavy (non-hydrogen) atoms. The minimum Gasteiger partial charge on any atom is -0.493 e. The molecule has 4 aromatic rings. The molecule has 2 N–H and O–H groups in total. The largest absolute Gasteiger partial charge is 0.493 e. The molecule has 0 radical (unpaired) electrons. The lowest BCUT2D eigenvalue weighted by atomic mass is 9.95. The van der Waals surface area contributed by atoms with Crippen LogP contribution in [0, 0.1) is 6.92 Å². The highest BCUT2D eigenvalue weighted by molar-refractivity contribution is 5.81. The first-order chi connectivity index (χ1) is 17.0. The molecule has 0 aliphatic heterocycles. The van der Waals surface area contributed by atoms with Crippen LogP contribution in [0.5, 0.6) is 5.75 Å². The number of methoxy groups -OCH3 is 1. The second kappa shape index (κ2) is 10.9. The van der Waals surface area contributed by atoms with Gasteiger partial charge in [-0.25, -0.2) is 0 Å². The average molecular weight is 471 g/mol. The van der Waals surface area contributed by atoms with E-state index in [0.29, 0.717) is 31.6 Å². The number of fused-ring (bicyclic) bond motifs is 1. The predicted octanol–water partition coefficient (Wildman–Crippen LogP) is 4.87. The van der Waals surface area contributed by atoms with Crippen LogP contribution >= 0.6 is 0 Å². The molecule has 0 unspecified atom stereocenters. The number of esters is 1. The first-order valence-corrected chi connectivity index (χ1v) is 11.7. The van der Waals surface area contributed by atoms with Gasteiger partial charge in [0.15, 0.2) is 0 Å². The molecule has 0 spiro atoms. The number of carbonyl (C=O) groups is 2. The van der Waals surface area contributed by atoms with E-state index < -0.39 is 0 Å². The van der Waals surface area contributed by atoms with Crippen LogP contribution in [0.4, 0.5) is 0 Å². The number of nitrogens with zero attached hydrogens (tertiary/aromatic N) is 1. The standard InChI is InChI=1S/C29H30N2O4/c1-20-25(19-28(30)32)27-18-23(35-16-8-13-29(33)34-2)14-15-31(27)26(20)17-22-11-6-7-12-24(22)21-9-4-3-5-10-21/h3-7,9-12,14-15,18H,8,13,16-17,19H2,1-2H3,(H2,30,32). The topological polar surface area (TPSA) is 83.0 Å². The minimum absolute atomic E-state index is 0.154. The lowest BCUT2D eigenvalue weighted by Crippen LogP contribution is -2.14. The number of hydrogen-bond donors (Lipinski definition) is 1. The maximum atomic E-state index is 11.9. The molecule has 0 bridgehead atoms. The maximum Gasteiger partial charge on any atom is 0.305 e. The quantitative estimate of drug-likeness (QED) is 0.265. The highest BCUT2D eigenvalue weighted by Crippen LogP contribution is 2.31. The monoisotopic (exact) mass is 470 g/mol. The SMILES string of the molecule is COC(=O)CCCOc1ccn2c(Cc3ccccc3-c3ccccc3)c(C)c(CC(N)=O)c2c1. The fourth-order valence-electron chi connectivity index (χ4n) is 4.46. The molecule has 2 aromatic carbocycles. The lowest BCUT2D eigenvalue weighted by Gasteiger charge is -2.12. The van der Waals surface area contributed by atoms with Gasteiger partial charge in [-0.05, 0) is 47.2 Å². The molecule has 6 nitrogen and oxygen atoms in total. The number of nitrogens with two attached hydrogens (primary N) is 1. The Labute approximate surface area is 205 Å². The van der Waals surface area contributed by atoms with Crippen LogP contribution in [0.2, 0.25) is 0 Å². The van der Waals surface area contributed by atoms with Crippen molar-refractivity contribution in [1.82, 2.24) is 4.40 Å². The van der Waals surface area contributed by atoms with Crippen molar-refractivity contribution >= 4 is 17.4 Å². The molecule has 4 rings (SSSR count). The van der Waals surface area contributed by atoms with Crippen molar-refractivity contribution < 1.29 is 19.1 Å². The van der Waals surface area contributed by atoms with E-state index in [2.05, 4.69) is 45.5 Å². The van der Waals surface area contributed by atoms with Crippen LogP contribution in [0.1, 0.15) is 35.2 Å². The van der Waals surface area contributed by atoms with Crippen LogP contribution in [-0.4, -0.2) is 30.0 Å². The number of pyridine rings is 1. The summed E-state index contributed by atoms with van der Waals surface area (Å²) in [5.41, 5.74) is 13.1. The van der Waals surface area contributed by atoms with Gasteiger partial charge in [0, 0.05) is 30.8 Å². The van der Waals surface area contributed by atoms with Gasteiger partial charge in [0.25, 0.3) is 0 Å². The van der Waals surface area contributed by atoms with E-state index in [-0.39, 0.29) is 18.3 Å². The molecular formula is C29H30N2O4. The summed E-state index contributed by atoms with van der Waals surface area (Å²) in [6.45, 7) is 2.44.